The summed E-state index contributed by atoms with van der Waals surface area (Å²) in [6, 6.07) is 16.3. The number of thiocarbonyl (C=S) groups is 1. The number of methoxy groups -OCH3 is 2. The maximum atomic E-state index is 13.4. The van der Waals surface area contributed by atoms with Crippen LogP contribution in [0.1, 0.15) is 5.69 Å². The Morgan fingerprint density at radius 3 is 2.56 bits per heavy atom. The minimum absolute atomic E-state index is 0.0250. The number of carbonyl (C=O) groups is 2. The summed E-state index contributed by atoms with van der Waals surface area (Å²) in [6.45, 7) is 0. The molecule has 1 aromatic heterocycles. The first-order valence-corrected chi connectivity index (χ1v) is 10.7. The summed E-state index contributed by atoms with van der Waals surface area (Å²) in [5, 5.41) is 2.57. The summed E-state index contributed by atoms with van der Waals surface area (Å²) in [5.74, 6) is -0.171. The highest BCUT2D eigenvalue weighted by atomic mass is 79.9. The number of anilines is 1. The Morgan fingerprint density at radius 2 is 1.84 bits per heavy atom. The van der Waals surface area contributed by atoms with Gasteiger partial charge in [-0.3, -0.25) is 14.9 Å². The van der Waals surface area contributed by atoms with Gasteiger partial charge in [-0.05, 0) is 60.8 Å². The van der Waals surface area contributed by atoms with E-state index in [4.69, 9.17) is 21.7 Å². The molecule has 3 aromatic rings. The van der Waals surface area contributed by atoms with E-state index in [-0.39, 0.29) is 10.7 Å². The molecule has 0 radical (unpaired) electrons. The van der Waals surface area contributed by atoms with E-state index in [2.05, 4.69) is 21.2 Å². The first-order chi connectivity index (χ1) is 15.4. The van der Waals surface area contributed by atoms with E-state index in [0.29, 0.717) is 22.9 Å². The van der Waals surface area contributed by atoms with Gasteiger partial charge in [0.05, 0.1) is 19.9 Å². The van der Waals surface area contributed by atoms with E-state index < -0.39 is 11.8 Å². The molecule has 0 spiro atoms. The van der Waals surface area contributed by atoms with Crippen molar-refractivity contribution in [1.29, 1.82) is 0 Å². The predicted octanol–water partition coefficient (Wildman–Crippen LogP) is 4.09. The van der Waals surface area contributed by atoms with E-state index in [1.54, 1.807) is 24.3 Å². The van der Waals surface area contributed by atoms with Crippen LogP contribution < -0.4 is 19.7 Å². The van der Waals surface area contributed by atoms with Crippen LogP contribution in [0.15, 0.2) is 70.8 Å². The SMILES string of the molecule is COc1ccc(N2C(=O)/C(=C/c3cccn3-c3cccc(Br)c3)C(=O)NC2=S)c(OC)c1. The molecule has 162 valence electrons. The van der Waals surface area contributed by atoms with Gasteiger partial charge in [0, 0.05) is 28.1 Å². The number of benzene rings is 2. The Morgan fingerprint density at radius 1 is 1.03 bits per heavy atom. The normalized spacial score (nSPS) is 15.2. The summed E-state index contributed by atoms with van der Waals surface area (Å²) in [7, 11) is 3.02. The molecule has 1 saturated heterocycles. The first kappa shape index (κ1) is 21.8. The number of hydrogen-bond acceptors (Lipinski definition) is 5. The summed E-state index contributed by atoms with van der Waals surface area (Å²) < 4.78 is 13.4. The molecule has 9 heteroatoms. The Hall–Kier alpha value is -3.43. The zero-order valence-corrected chi connectivity index (χ0v) is 19.6. The van der Waals surface area contributed by atoms with E-state index in [1.165, 1.54) is 19.1 Å². The average molecular weight is 512 g/mol. The van der Waals surface area contributed by atoms with Crippen LogP contribution in [0.25, 0.3) is 11.8 Å². The molecule has 0 unspecified atom stereocenters. The van der Waals surface area contributed by atoms with E-state index in [9.17, 15) is 9.59 Å². The molecule has 4 rings (SSSR count). The van der Waals surface area contributed by atoms with Gasteiger partial charge in [-0.1, -0.05) is 22.0 Å². The van der Waals surface area contributed by atoms with Crippen LogP contribution in [0.2, 0.25) is 0 Å². The molecule has 32 heavy (non-hydrogen) atoms. The Balaban J connectivity index is 1.76. The Labute approximate surface area is 198 Å². The fourth-order valence-electron chi connectivity index (χ4n) is 3.37. The number of nitrogens with one attached hydrogen (secondary N) is 1. The average Bonchev–Trinajstić information content (AvgIpc) is 3.25. The lowest BCUT2D eigenvalue weighted by atomic mass is 10.1. The van der Waals surface area contributed by atoms with E-state index in [1.807, 2.05) is 47.2 Å². The minimum Gasteiger partial charge on any atom is -0.497 e. The first-order valence-electron chi connectivity index (χ1n) is 9.49. The van der Waals surface area contributed by atoms with Crippen LogP contribution in [-0.4, -0.2) is 35.7 Å². The summed E-state index contributed by atoms with van der Waals surface area (Å²) in [4.78, 5) is 27.3. The summed E-state index contributed by atoms with van der Waals surface area (Å²) in [6.07, 6.45) is 3.40. The zero-order chi connectivity index (χ0) is 22.8. The number of ether oxygens (including phenoxy) is 2. The number of amides is 2. The highest BCUT2D eigenvalue weighted by Gasteiger charge is 2.36. The van der Waals surface area contributed by atoms with Gasteiger partial charge in [0.1, 0.15) is 17.1 Å². The lowest BCUT2D eigenvalue weighted by Crippen LogP contribution is -2.54. The maximum Gasteiger partial charge on any atom is 0.270 e. The zero-order valence-electron chi connectivity index (χ0n) is 17.2. The van der Waals surface area contributed by atoms with Gasteiger partial charge in [-0.25, -0.2) is 4.90 Å². The molecule has 1 N–H and O–H groups in total. The molecule has 2 amide bonds. The molecule has 0 bridgehead atoms. The van der Waals surface area contributed by atoms with Crippen molar-refractivity contribution in [1.82, 2.24) is 9.88 Å². The molecule has 2 heterocycles. The maximum absolute atomic E-state index is 13.4. The Kier molecular flexibility index (Phi) is 6.11. The summed E-state index contributed by atoms with van der Waals surface area (Å²) in [5.41, 5.74) is 1.89. The number of aromatic nitrogens is 1. The number of nitrogens with zero attached hydrogens (tertiary/aromatic N) is 2. The van der Waals surface area contributed by atoms with Crippen molar-refractivity contribution in [2.24, 2.45) is 0 Å². The smallest absolute Gasteiger partial charge is 0.270 e. The second kappa shape index (κ2) is 8.97. The third kappa shape index (κ3) is 4.04. The van der Waals surface area contributed by atoms with E-state index >= 15 is 0 Å². The van der Waals surface area contributed by atoms with Gasteiger partial charge in [0.25, 0.3) is 11.8 Å². The van der Waals surface area contributed by atoms with Crippen LogP contribution in [-0.2, 0) is 9.59 Å². The lowest BCUT2D eigenvalue weighted by molar-refractivity contribution is -0.122. The van der Waals surface area contributed by atoms with Crippen LogP contribution in [0.5, 0.6) is 11.5 Å². The third-order valence-electron chi connectivity index (χ3n) is 4.89. The number of halogens is 1. The van der Waals surface area contributed by atoms with Crippen molar-refractivity contribution in [3.8, 4) is 17.2 Å². The molecule has 2 aromatic carbocycles. The van der Waals surface area contributed by atoms with Gasteiger partial charge in [-0.2, -0.15) is 0 Å². The lowest BCUT2D eigenvalue weighted by Gasteiger charge is -2.30. The topological polar surface area (TPSA) is 72.8 Å². The van der Waals surface area contributed by atoms with Gasteiger partial charge < -0.3 is 14.0 Å². The highest BCUT2D eigenvalue weighted by molar-refractivity contribution is 9.10. The third-order valence-corrected chi connectivity index (χ3v) is 5.67. The molecule has 1 aliphatic heterocycles. The fourth-order valence-corrected chi connectivity index (χ4v) is 4.03. The Bertz CT molecular complexity index is 1270. The largest absolute Gasteiger partial charge is 0.497 e. The predicted molar refractivity (Wildman–Crippen MR) is 129 cm³/mol. The van der Waals surface area contributed by atoms with Crippen LogP contribution >= 0.6 is 28.1 Å². The molecule has 1 aliphatic rings. The second-order valence-electron chi connectivity index (χ2n) is 6.78. The number of hydrogen-bond donors (Lipinski definition) is 1. The van der Waals surface area contributed by atoms with Crippen LogP contribution in [0, 0.1) is 0 Å². The highest BCUT2D eigenvalue weighted by Crippen LogP contribution is 2.34. The molecule has 7 nitrogen and oxygen atoms in total. The van der Waals surface area contributed by atoms with Gasteiger partial charge >= 0.3 is 0 Å². The molecular weight excluding hydrogens is 494 g/mol. The van der Waals surface area contributed by atoms with Crippen molar-refractivity contribution in [2.45, 2.75) is 0 Å². The van der Waals surface area contributed by atoms with E-state index in [0.717, 1.165) is 10.2 Å². The minimum atomic E-state index is -0.564. The monoisotopic (exact) mass is 511 g/mol. The van der Waals surface area contributed by atoms with Crippen molar-refractivity contribution < 1.29 is 19.1 Å². The standard InChI is InChI=1S/C23H18BrN3O4S/c1-30-17-8-9-19(20(13-17)31-2)27-22(29)18(21(28)25-23(27)32)12-16-7-4-10-26(16)15-6-3-5-14(24)11-15/h3-13H,1-2H3,(H,25,28,32)/b18-12+. The van der Waals surface area contributed by atoms with Crippen molar-refractivity contribution in [2.75, 3.05) is 19.1 Å². The number of carbonyl (C=O) groups excluding carboxylic acids is 2. The second-order valence-corrected chi connectivity index (χ2v) is 8.08. The molecule has 0 saturated carbocycles. The quantitative estimate of drug-likeness (QED) is 0.317. The molecular formula is C23H18BrN3O4S. The summed E-state index contributed by atoms with van der Waals surface area (Å²) >= 11 is 8.76. The fraction of sp³-hybridized carbons (Fsp3) is 0.0870. The van der Waals surface area contributed by atoms with Crippen LogP contribution in [0.4, 0.5) is 5.69 Å². The van der Waals surface area contributed by atoms with Gasteiger partial charge in [-0.15, -0.1) is 0 Å². The molecule has 0 aliphatic carbocycles. The molecule has 0 atom stereocenters. The number of rotatable bonds is 5. The van der Waals surface area contributed by atoms with Crippen LogP contribution in [0.3, 0.4) is 0 Å². The van der Waals surface area contributed by atoms with Gasteiger partial charge in [0.2, 0.25) is 0 Å². The van der Waals surface area contributed by atoms with Crippen molar-refractivity contribution >= 4 is 56.8 Å². The van der Waals surface area contributed by atoms with Crippen molar-refractivity contribution in [3.05, 3.63) is 76.5 Å². The van der Waals surface area contributed by atoms with Gasteiger partial charge in [0.15, 0.2) is 5.11 Å². The van der Waals surface area contributed by atoms with Crippen molar-refractivity contribution in [3.63, 3.8) is 0 Å². The molecule has 1 fully saturated rings.